The predicted octanol–water partition coefficient (Wildman–Crippen LogP) is 2.54. The van der Waals surface area contributed by atoms with Crippen LogP contribution in [0.3, 0.4) is 0 Å². The summed E-state index contributed by atoms with van der Waals surface area (Å²) in [5.74, 6) is 0.994. The molecule has 1 aromatic heterocycles. The summed E-state index contributed by atoms with van der Waals surface area (Å²) < 4.78 is 0. The summed E-state index contributed by atoms with van der Waals surface area (Å²) in [5.41, 5.74) is 2.01. The molecule has 1 aliphatic heterocycles. The lowest BCUT2D eigenvalue weighted by Crippen LogP contribution is -2.19. The van der Waals surface area contributed by atoms with Crippen molar-refractivity contribution >= 4 is 5.82 Å². The van der Waals surface area contributed by atoms with Gasteiger partial charge >= 0.3 is 0 Å². The van der Waals surface area contributed by atoms with Crippen molar-refractivity contribution in [3.05, 3.63) is 42.5 Å². The first-order chi connectivity index (χ1) is 8.43. The third-order valence-electron chi connectivity index (χ3n) is 3.09. The van der Waals surface area contributed by atoms with E-state index in [-0.39, 0.29) is 0 Å². The van der Waals surface area contributed by atoms with E-state index in [0.29, 0.717) is 0 Å². The third kappa shape index (κ3) is 2.13. The Kier molecular flexibility index (Phi) is 2.74. The number of aromatic nitrogens is 2. The zero-order valence-corrected chi connectivity index (χ0v) is 9.63. The summed E-state index contributed by atoms with van der Waals surface area (Å²) in [6.45, 7) is 2.21. The topological polar surface area (TPSA) is 29.0 Å². The molecular weight excluding hydrogens is 210 g/mol. The lowest BCUT2D eigenvalue weighted by molar-refractivity contribution is 0.896. The van der Waals surface area contributed by atoms with Gasteiger partial charge in [-0.1, -0.05) is 24.3 Å². The van der Waals surface area contributed by atoms with E-state index in [9.17, 15) is 0 Å². The Morgan fingerprint density at radius 1 is 0.941 bits per heavy atom. The molecular formula is C14H14N3. The van der Waals surface area contributed by atoms with Crippen LogP contribution in [0.2, 0.25) is 0 Å². The van der Waals surface area contributed by atoms with Gasteiger partial charge in [0.25, 0.3) is 0 Å². The van der Waals surface area contributed by atoms with Crippen LogP contribution in [0.5, 0.6) is 0 Å². The van der Waals surface area contributed by atoms with Gasteiger partial charge in [0, 0.05) is 18.7 Å². The highest BCUT2D eigenvalue weighted by Crippen LogP contribution is 2.20. The fourth-order valence-corrected chi connectivity index (χ4v) is 2.15. The van der Waals surface area contributed by atoms with Gasteiger partial charge in [-0.3, -0.25) is 0 Å². The minimum atomic E-state index is 0.918. The van der Waals surface area contributed by atoms with Crippen molar-refractivity contribution in [3.63, 3.8) is 0 Å². The zero-order chi connectivity index (χ0) is 11.5. The molecule has 0 aliphatic carbocycles. The molecule has 0 spiro atoms. The second-order valence-electron chi connectivity index (χ2n) is 4.26. The van der Waals surface area contributed by atoms with Crippen molar-refractivity contribution in [2.24, 2.45) is 0 Å². The lowest BCUT2D eigenvalue weighted by Gasteiger charge is -2.15. The van der Waals surface area contributed by atoms with Crippen molar-refractivity contribution in [2.75, 3.05) is 18.0 Å². The molecule has 1 aliphatic rings. The first-order valence-electron chi connectivity index (χ1n) is 5.99. The number of nitrogens with zero attached hydrogens (tertiary/aromatic N) is 3. The molecule has 1 fully saturated rings. The number of benzene rings is 1. The molecule has 3 nitrogen and oxygen atoms in total. The van der Waals surface area contributed by atoms with Gasteiger partial charge in [-0.2, -0.15) is 0 Å². The van der Waals surface area contributed by atoms with Crippen LogP contribution in [0.25, 0.3) is 11.3 Å². The van der Waals surface area contributed by atoms with Gasteiger partial charge < -0.3 is 4.90 Å². The first kappa shape index (κ1) is 10.3. The molecule has 0 saturated carbocycles. The Hall–Kier alpha value is -1.90. The van der Waals surface area contributed by atoms with Gasteiger partial charge in [0.2, 0.25) is 0 Å². The summed E-state index contributed by atoms with van der Waals surface area (Å²) in [5, 5.41) is 8.59. The molecule has 0 atom stereocenters. The Morgan fingerprint density at radius 2 is 1.71 bits per heavy atom. The van der Waals surface area contributed by atoms with Crippen LogP contribution in [-0.2, 0) is 0 Å². The Labute approximate surface area is 101 Å². The largest absolute Gasteiger partial charge is 0.355 e. The van der Waals surface area contributed by atoms with E-state index in [2.05, 4.69) is 27.2 Å². The van der Waals surface area contributed by atoms with Crippen molar-refractivity contribution in [3.8, 4) is 11.3 Å². The van der Waals surface area contributed by atoms with Gasteiger partial charge in [-0.05, 0) is 31.0 Å². The minimum Gasteiger partial charge on any atom is -0.355 e. The molecule has 3 rings (SSSR count). The van der Waals surface area contributed by atoms with Crippen LogP contribution in [0.1, 0.15) is 12.8 Å². The number of rotatable bonds is 2. The van der Waals surface area contributed by atoms with Crippen LogP contribution in [-0.4, -0.2) is 23.3 Å². The fraction of sp³-hybridized carbons (Fsp3) is 0.286. The molecule has 1 aromatic carbocycles. The maximum Gasteiger partial charge on any atom is 0.151 e. The van der Waals surface area contributed by atoms with E-state index in [4.69, 9.17) is 0 Å². The van der Waals surface area contributed by atoms with Crippen LogP contribution in [0.15, 0.2) is 36.4 Å². The maximum absolute atomic E-state index is 4.30. The second-order valence-corrected chi connectivity index (χ2v) is 4.26. The predicted molar refractivity (Wildman–Crippen MR) is 67.8 cm³/mol. The third-order valence-corrected chi connectivity index (χ3v) is 3.09. The van der Waals surface area contributed by atoms with E-state index in [1.165, 1.54) is 12.8 Å². The highest BCUT2D eigenvalue weighted by Gasteiger charge is 2.13. The zero-order valence-electron chi connectivity index (χ0n) is 9.63. The molecule has 0 bridgehead atoms. The van der Waals surface area contributed by atoms with Crippen LogP contribution < -0.4 is 4.90 Å². The first-order valence-corrected chi connectivity index (χ1v) is 5.99. The van der Waals surface area contributed by atoms with Gasteiger partial charge in [0.05, 0.1) is 5.69 Å². The smallest absolute Gasteiger partial charge is 0.151 e. The summed E-state index contributed by atoms with van der Waals surface area (Å²) in [7, 11) is 0. The Bertz CT molecular complexity index is 473. The number of anilines is 1. The molecule has 0 unspecified atom stereocenters. The molecule has 3 heteroatoms. The van der Waals surface area contributed by atoms with Crippen molar-refractivity contribution in [1.29, 1.82) is 0 Å². The fourth-order valence-electron chi connectivity index (χ4n) is 2.15. The van der Waals surface area contributed by atoms with Crippen molar-refractivity contribution in [2.45, 2.75) is 12.8 Å². The van der Waals surface area contributed by atoms with Crippen molar-refractivity contribution < 1.29 is 0 Å². The molecule has 2 heterocycles. The van der Waals surface area contributed by atoms with E-state index in [1.54, 1.807) is 0 Å². The standard InChI is InChI=1S/C14H14N3/c1-2-6-12(7-3-1)13-8-9-14(16-15-13)17-10-4-5-11-17/h2-3,6-9H,4-5,10-11H2. The monoisotopic (exact) mass is 224 g/mol. The normalized spacial score (nSPS) is 15.2. The Morgan fingerprint density at radius 3 is 2.35 bits per heavy atom. The van der Waals surface area contributed by atoms with Gasteiger partial charge in [0.1, 0.15) is 0 Å². The lowest BCUT2D eigenvalue weighted by atomic mass is 10.1. The average Bonchev–Trinajstić information content (AvgIpc) is 2.94. The van der Waals surface area contributed by atoms with Crippen LogP contribution in [0, 0.1) is 6.07 Å². The molecule has 2 aromatic rings. The van der Waals surface area contributed by atoms with Crippen LogP contribution in [0.4, 0.5) is 5.82 Å². The summed E-state index contributed by atoms with van der Waals surface area (Å²) in [6.07, 6.45) is 2.52. The average molecular weight is 224 g/mol. The molecule has 1 saturated heterocycles. The summed E-state index contributed by atoms with van der Waals surface area (Å²) >= 11 is 0. The van der Waals surface area contributed by atoms with E-state index >= 15 is 0 Å². The van der Waals surface area contributed by atoms with E-state index in [1.807, 2.05) is 30.3 Å². The molecule has 0 N–H and O–H groups in total. The van der Waals surface area contributed by atoms with E-state index < -0.39 is 0 Å². The van der Waals surface area contributed by atoms with E-state index in [0.717, 1.165) is 30.2 Å². The summed E-state index contributed by atoms with van der Waals surface area (Å²) in [6, 6.07) is 14.9. The molecule has 85 valence electrons. The maximum atomic E-state index is 4.30. The minimum absolute atomic E-state index is 0.918. The molecule has 1 radical (unpaired) electrons. The van der Waals surface area contributed by atoms with Gasteiger partial charge in [0.15, 0.2) is 5.82 Å². The Balaban J connectivity index is 1.85. The molecule has 0 amide bonds. The number of hydrogen-bond acceptors (Lipinski definition) is 3. The second kappa shape index (κ2) is 4.53. The van der Waals surface area contributed by atoms with Crippen LogP contribution >= 0.6 is 0 Å². The SMILES string of the molecule is [c]1ccc(-c2ccc(N3CCCC3)nn2)cc1. The van der Waals surface area contributed by atoms with Gasteiger partial charge in [-0.15, -0.1) is 10.2 Å². The number of hydrogen-bond donors (Lipinski definition) is 0. The quantitative estimate of drug-likeness (QED) is 0.785. The highest BCUT2D eigenvalue weighted by atomic mass is 15.3. The van der Waals surface area contributed by atoms with Crippen molar-refractivity contribution in [1.82, 2.24) is 10.2 Å². The van der Waals surface area contributed by atoms with Gasteiger partial charge in [-0.25, -0.2) is 0 Å². The molecule has 17 heavy (non-hydrogen) atoms. The summed E-state index contributed by atoms with van der Waals surface area (Å²) in [4.78, 5) is 2.29. The highest BCUT2D eigenvalue weighted by molar-refractivity contribution is 5.59.